The van der Waals surface area contributed by atoms with Gasteiger partial charge < -0.3 is 9.84 Å². The van der Waals surface area contributed by atoms with Crippen molar-refractivity contribution in [2.45, 2.75) is 51.7 Å². The van der Waals surface area contributed by atoms with E-state index in [9.17, 15) is 5.11 Å². The van der Waals surface area contributed by atoms with Crippen molar-refractivity contribution in [3.63, 3.8) is 0 Å². The van der Waals surface area contributed by atoms with E-state index in [-0.39, 0.29) is 11.7 Å². The lowest BCUT2D eigenvalue weighted by molar-refractivity contribution is 0.0846. The van der Waals surface area contributed by atoms with E-state index in [1.807, 2.05) is 19.1 Å². The Hall–Kier alpha value is -1.02. The van der Waals surface area contributed by atoms with E-state index in [0.29, 0.717) is 0 Å². The monoisotopic (exact) mass is 220 g/mol. The van der Waals surface area contributed by atoms with Crippen LogP contribution < -0.4 is 4.74 Å². The van der Waals surface area contributed by atoms with E-state index in [4.69, 9.17) is 4.74 Å². The molecule has 0 aromatic heterocycles. The first-order valence-electron chi connectivity index (χ1n) is 5.95. The highest BCUT2D eigenvalue weighted by Gasteiger charge is 2.26. The molecule has 2 heteroatoms. The minimum Gasteiger partial charge on any atom is -0.488 e. The van der Waals surface area contributed by atoms with Gasteiger partial charge in [-0.15, -0.1) is 0 Å². The predicted molar refractivity (Wildman–Crippen MR) is 64.9 cm³/mol. The molecule has 1 aliphatic heterocycles. The van der Waals surface area contributed by atoms with E-state index in [1.54, 1.807) is 0 Å². The van der Waals surface area contributed by atoms with Crippen LogP contribution in [0.15, 0.2) is 18.2 Å². The van der Waals surface area contributed by atoms with Crippen LogP contribution in [-0.2, 0) is 12.8 Å². The largest absolute Gasteiger partial charge is 0.488 e. The summed E-state index contributed by atoms with van der Waals surface area (Å²) < 4.78 is 5.92. The highest BCUT2D eigenvalue weighted by Crippen LogP contribution is 2.33. The van der Waals surface area contributed by atoms with Gasteiger partial charge in [0.15, 0.2) is 0 Å². The molecule has 0 fully saturated rings. The maximum Gasteiger partial charge on any atom is 0.123 e. The van der Waals surface area contributed by atoms with Crippen molar-refractivity contribution in [2.24, 2.45) is 0 Å². The van der Waals surface area contributed by atoms with Crippen LogP contribution in [0.2, 0.25) is 0 Å². The van der Waals surface area contributed by atoms with E-state index in [0.717, 1.165) is 25.0 Å². The molecule has 2 nitrogen and oxygen atoms in total. The Balaban J connectivity index is 2.21. The second-order valence-corrected chi connectivity index (χ2v) is 5.36. The third kappa shape index (κ3) is 2.56. The number of aliphatic hydroxyl groups is 1. The van der Waals surface area contributed by atoms with Crippen molar-refractivity contribution in [1.29, 1.82) is 0 Å². The van der Waals surface area contributed by atoms with Crippen molar-refractivity contribution in [2.75, 3.05) is 0 Å². The Bertz CT molecular complexity index is 380. The maximum atomic E-state index is 9.36. The first-order valence-corrected chi connectivity index (χ1v) is 5.95. The standard InChI is InChI=1S/C14H20O2/c1-10(15)8-11-4-5-13-12(9-11)6-7-14(2,3)16-13/h4-5,9-10,15H,6-8H2,1-3H3/t10-/m1/s1. The molecule has 1 heterocycles. The summed E-state index contributed by atoms with van der Waals surface area (Å²) in [6.45, 7) is 6.07. The number of ether oxygens (including phenoxy) is 1. The fourth-order valence-electron chi connectivity index (χ4n) is 2.18. The number of aryl methyl sites for hydroxylation is 1. The quantitative estimate of drug-likeness (QED) is 0.830. The maximum absolute atomic E-state index is 9.36. The highest BCUT2D eigenvalue weighted by molar-refractivity contribution is 5.39. The zero-order valence-corrected chi connectivity index (χ0v) is 10.3. The fraction of sp³-hybridized carbons (Fsp3) is 0.571. The molecule has 1 aliphatic rings. The molecular weight excluding hydrogens is 200 g/mol. The lowest BCUT2D eigenvalue weighted by atomic mass is 9.92. The minimum absolute atomic E-state index is 0.0429. The summed E-state index contributed by atoms with van der Waals surface area (Å²) in [6.07, 6.45) is 2.56. The molecule has 0 saturated heterocycles. The summed E-state index contributed by atoms with van der Waals surface area (Å²) in [5, 5.41) is 9.36. The summed E-state index contributed by atoms with van der Waals surface area (Å²) in [4.78, 5) is 0. The normalized spacial score (nSPS) is 19.8. The Labute approximate surface area is 97.3 Å². The van der Waals surface area contributed by atoms with Gasteiger partial charge in [-0.25, -0.2) is 0 Å². The minimum atomic E-state index is -0.279. The molecule has 1 atom stereocenters. The van der Waals surface area contributed by atoms with Gasteiger partial charge >= 0.3 is 0 Å². The van der Waals surface area contributed by atoms with Crippen molar-refractivity contribution in [3.8, 4) is 5.75 Å². The number of hydrogen-bond acceptors (Lipinski definition) is 2. The zero-order valence-electron chi connectivity index (χ0n) is 10.3. The number of rotatable bonds is 2. The highest BCUT2D eigenvalue weighted by atomic mass is 16.5. The van der Waals surface area contributed by atoms with Gasteiger partial charge in [0.2, 0.25) is 0 Å². The Morgan fingerprint density at radius 2 is 2.19 bits per heavy atom. The second kappa shape index (κ2) is 4.10. The van der Waals surface area contributed by atoms with Crippen LogP contribution in [0.1, 0.15) is 38.3 Å². The van der Waals surface area contributed by atoms with Crippen LogP contribution >= 0.6 is 0 Å². The molecule has 88 valence electrons. The SMILES string of the molecule is C[C@@H](O)Cc1ccc2c(c1)CCC(C)(C)O2. The summed E-state index contributed by atoms with van der Waals surface area (Å²) in [5.74, 6) is 1.01. The van der Waals surface area contributed by atoms with Gasteiger partial charge in [-0.05, 0) is 57.2 Å². The van der Waals surface area contributed by atoms with Crippen LogP contribution in [0, 0.1) is 0 Å². The molecular formula is C14H20O2. The lowest BCUT2D eigenvalue weighted by Gasteiger charge is -2.32. The van der Waals surface area contributed by atoms with Gasteiger partial charge in [0.1, 0.15) is 11.4 Å². The van der Waals surface area contributed by atoms with E-state index >= 15 is 0 Å². The van der Waals surface area contributed by atoms with Gasteiger partial charge in [0.25, 0.3) is 0 Å². The van der Waals surface area contributed by atoms with Gasteiger partial charge in [-0.2, -0.15) is 0 Å². The fourth-order valence-corrected chi connectivity index (χ4v) is 2.18. The smallest absolute Gasteiger partial charge is 0.123 e. The topological polar surface area (TPSA) is 29.5 Å². The summed E-state index contributed by atoms with van der Waals surface area (Å²) in [5.41, 5.74) is 2.42. The number of hydrogen-bond donors (Lipinski definition) is 1. The summed E-state index contributed by atoms with van der Waals surface area (Å²) >= 11 is 0. The van der Waals surface area contributed by atoms with Crippen LogP contribution in [0.4, 0.5) is 0 Å². The van der Waals surface area contributed by atoms with Crippen molar-refractivity contribution >= 4 is 0 Å². The zero-order chi connectivity index (χ0) is 11.8. The Morgan fingerprint density at radius 1 is 1.44 bits per heavy atom. The van der Waals surface area contributed by atoms with Crippen LogP contribution in [-0.4, -0.2) is 16.8 Å². The predicted octanol–water partition coefficient (Wildman–Crippen LogP) is 2.71. The van der Waals surface area contributed by atoms with Crippen molar-refractivity contribution < 1.29 is 9.84 Å². The van der Waals surface area contributed by atoms with Crippen molar-refractivity contribution in [3.05, 3.63) is 29.3 Å². The molecule has 0 bridgehead atoms. The summed E-state index contributed by atoms with van der Waals surface area (Å²) in [6, 6.07) is 6.25. The average Bonchev–Trinajstić information content (AvgIpc) is 2.16. The summed E-state index contributed by atoms with van der Waals surface area (Å²) in [7, 11) is 0. The number of aliphatic hydroxyl groups excluding tert-OH is 1. The van der Waals surface area contributed by atoms with Crippen LogP contribution in [0.5, 0.6) is 5.75 Å². The molecule has 0 saturated carbocycles. The third-order valence-corrected chi connectivity index (χ3v) is 3.04. The second-order valence-electron chi connectivity index (χ2n) is 5.36. The lowest BCUT2D eigenvalue weighted by Crippen LogP contribution is -2.32. The van der Waals surface area contributed by atoms with E-state index < -0.39 is 0 Å². The Morgan fingerprint density at radius 3 is 2.88 bits per heavy atom. The molecule has 1 aromatic carbocycles. The molecule has 1 aromatic rings. The van der Waals surface area contributed by atoms with Gasteiger partial charge in [-0.1, -0.05) is 12.1 Å². The van der Waals surface area contributed by atoms with Gasteiger partial charge in [0.05, 0.1) is 6.10 Å². The first-order chi connectivity index (χ1) is 7.46. The van der Waals surface area contributed by atoms with E-state index in [1.165, 1.54) is 11.1 Å². The molecule has 2 rings (SSSR count). The van der Waals surface area contributed by atoms with Gasteiger partial charge in [0, 0.05) is 0 Å². The van der Waals surface area contributed by atoms with Crippen molar-refractivity contribution in [1.82, 2.24) is 0 Å². The van der Waals surface area contributed by atoms with Crippen LogP contribution in [0.3, 0.4) is 0 Å². The molecule has 0 unspecified atom stereocenters. The number of benzene rings is 1. The molecule has 0 amide bonds. The average molecular weight is 220 g/mol. The van der Waals surface area contributed by atoms with Gasteiger partial charge in [-0.3, -0.25) is 0 Å². The Kier molecular flexibility index (Phi) is 2.94. The molecule has 16 heavy (non-hydrogen) atoms. The number of fused-ring (bicyclic) bond motifs is 1. The first kappa shape index (κ1) is 11.5. The van der Waals surface area contributed by atoms with Crippen LogP contribution in [0.25, 0.3) is 0 Å². The van der Waals surface area contributed by atoms with E-state index in [2.05, 4.69) is 19.9 Å². The third-order valence-electron chi connectivity index (χ3n) is 3.04. The molecule has 0 radical (unpaired) electrons. The molecule has 1 N–H and O–H groups in total. The molecule has 0 aliphatic carbocycles. The molecule has 0 spiro atoms.